The first-order valence-corrected chi connectivity index (χ1v) is 18.6. The third kappa shape index (κ3) is 7.77. The first kappa shape index (κ1) is 34.6. The lowest BCUT2D eigenvalue weighted by molar-refractivity contribution is 0.0917. The molecule has 4 aromatic rings. The second-order valence-corrected chi connectivity index (χ2v) is 15.1. The summed E-state index contributed by atoms with van der Waals surface area (Å²) in [5.41, 5.74) is 17.1. The highest BCUT2D eigenvalue weighted by atomic mass is 35.5. The van der Waals surface area contributed by atoms with Crippen molar-refractivity contribution in [3.8, 4) is 11.5 Å². The van der Waals surface area contributed by atoms with E-state index in [0.717, 1.165) is 69.3 Å². The van der Waals surface area contributed by atoms with Crippen molar-refractivity contribution in [3.05, 3.63) is 128 Å². The second-order valence-electron chi connectivity index (χ2n) is 13.8. The highest BCUT2D eigenvalue weighted by Crippen LogP contribution is 2.42. The highest BCUT2D eigenvalue weighted by molar-refractivity contribution is 6.35. The fourth-order valence-electron chi connectivity index (χ4n) is 8.08. The van der Waals surface area contributed by atoms with Crippen LogP contribution in [0.2, 0.25) is 15.1 Å². The summed E-state index contributed by atoms with van der Waals surface area (Å²) in [6.07, 6.45) is 4.45. The van der Waals surface area contributed by atoms with Crippen molar-refractivity contribution < 1.29 is 9.47 Å². The predicted molar refractivity (Wildman–Crippen MR) is 200 cm³/mol. The van der Waals surface area contributed by atoms with E-state index in [1.54, 1.807) is 6.07 Å². The Balaban J connectivity index is 0.000000154. The molecule has 0 amide bonds. The number of halogens is 3. The van der Waals surface area contributed by atoms with Crippen molar-refractivity contribution in [2.75, 3.05) is 39.3 Å². The lowest BCUT2D eigenvalue weighted by atomic mass is 10.1. The van der Waals surface area contributed by atoms with Gasteiger partial charge in [0.25, 0.3) is 0 Å². The number of ether oxygens (including phenoxy) is 2. The van der Waals surface area contributed by atoms with Crippen LogP contribution in [-0.4, -0.2) is 61.2 Å². The predicted octanol–water partition coefficient (Wildman–Crippen LogP) is 7.98. The van der Waals surface area contributed by atoms with Crippen molar-refractivity contribution in [1.29, 1.82) is 0 Å². The van der Waals surface area contributed by atoms with E-state index < -0.39 is 0 Å². The van der Waals surface area contributed by atoms with E-state index in [1.165, 1.54) is 28.7 Å². The van der Waals surface area contributed by atoms with Crippen molar-refractivity contribution in [1.82, 2.24) is 9.80 Å². The zero-order valence-corrected chi connectivity index (χ0v) is 30.0. The molecule has 49 heavy (non-hydrogen) atoms. The van der Waals surface area contributed by atoms with E-state index >= 15 is 0 Å². The van der Waals surface area contributed by atoms with E-state index in [2.05, 4.69) is 58.3 Å². The SMILES string of the molecule is NC[C@H]1CCN([C@@H]2Cc3ccccc3[C@H]2Oc2ccc(Cl)cc2)C1.NC[C@H]1CCN([C@@H]2Cc3ccccc3[C@H]2Oc2ccc(Cl)cc2Cl)C1. The number of likely N-dealkylation sites (tertiary alicyclic amines) is 2. The lowest BCUT2D eigenvalue weighted by Gasteiger charge is -2.30. The number of fused-ring (bicyclic) bond motifs is 2. The monoisotopic (exact) mass is 718 g/mol. The van der Waals surface area contributed by atoms with Gasteiger partial charge in [-0.2, -0.15) is 0 Å². The summed E-state index contributed by atoms with van der Waals surface area (Å²) in [5.74, 6) is 2.77. The van der Waals surface area contributed by atoms with Crippen molar-refractivity contribution >= 4 is 34.8 Å². The summed E-state index contributed by atoms with van der Waals surface area (Å²) in [5, 5.41) is 1.90. The molecule has 0 spiro atoms. The Morgan fingerprint density at radius 3 is 1.63 bits per heavy atom. The first-order chi connectivity index (χ1) is 23.9. The number of nitrogens with two attached hydrogens (primary N) is 2. The average Bonchev–Trinajstić information content (AvgIpc) is 3.93. The molecule has 2 heterocycles. The number of nitrogens with zero attached hydrogens (tertiary/aromatic N) is 2. The first-order valence-electron chi connectivity index (χ1n) is 17.5. The van der Waals surface area contributed by atoms with Crippen LogP contribution in [0.5, 0.6) is 11.5 Å². The molecule has 8 rings (SSSR count). The molecule has 4 aliphatic rings. The maximum Gasteiger partial charge on any atom is 0.140 e. The van der Waals surface area contributed by atoms with Crippen molar-refractivity contribution in [3.63, 3.8) is 0 Å². The van der Waals surface area contributed by atoms with Crippen molar-refractivity contribution in [2.24, 2.45) is 23.3 Å². The lowest BCUT2D eigenvalue weighted by Crippen LogP contribution is -2.39. The number of hydrogen-bond acceptors (Lipinski definition) is 6. The second kappa shape index (κ2) is 15.6. The zero-order valence-electron chi connectivity index (χ0n) is 27.7. The molecule has 0 unspecified atom stereocenters. The number of benzene rings is 4. The Bertz CT molecular complexity index is 1720. The van der Waals surface area contributed by atoms with E-state index in [-0.39, 0.29) is 12.2 Å². The molecule has 0 radical (unpaired) electrons. The van der Waals surface area contributed by atoms with Gasteiger partial charge in [0.2, 0.25) is 0 Å². The van der Waals surface area contributed by atoms with E-state index in [9.17, 15) is 0 Å². The molecule has 2 aliphatic carbocycles. The van der Waals surface area contributed by atoms with Crippen LogP contribution in [0.15, 0.2) is 91.0 Å². The van der Waals surface area contributed by atoms with Gasteiger partial charge in [-0.3, -0.25) is 9.80 Å². The van der Waals surface area contributed by atoms with Gasteiger partial charge in [0.1, 0.15) is 23.7 Å². The Hall–Kier alpha value is -2.81. The van der Waals surface area contributed by atoms with E-state index in [1.807, 2.05) is 36.4 Å². The fraction of sp³-hybridized carbons (Fsp3) is 0.400. The van der Waals surface area contributed by atoms with Gasteiger partial charge >= 0.3 is 0 Å². The van der Waals surface area contributed by atoms with Gasteiger partial charge in [-0.1, -0.05) is 83.3 Å². The largest absolute Gasteiger partial charge is 0.484 e. The van der Waals surface area contributed by atoms with Gasteiger partial charge in [-0.25, -0.2) is 0 Å². The molecule has 0 bridgehead atoms. The van der Waals surface area contributed by atoms with Crippen LogP contribution >= 0.6 is 34.8 Å². The Morgan fingerprint density at radius 2 is 1.12 bits per heavy atom. The number of hydrogen-bond donors (Lipinski definition) is 2. The van der Waals surface area contributed by atoms with Crippen LogP contribution in [0.25, 0.3) is 0 Å². The molecular weight excluding hydrogens is 675 g/mol. The van der Waals surface area contributed by atoms with Crippen LogP contribution < -0.4 is 20.9 Å². The van der Waals surface area contributed by atoms with Crippen LogP contribution in [0.4, 0.5) is 0 Å². The molecular formula is C40H45Cl3N4O2. The molecule has 0 saturated carbocycles. The molecule has 9 heteroatoms. The van der Waals surface area contributed by atoms with Gasteiger partial charge in [-0.15, -0.1) is 0 Å². The molecule has 4 aromatic carbocycles. The molecule has 2 saturated heterocycles. The summed E-state index contributed by atoms with van der Waals surface area (Å²) in [6.45, 7) is 5.85. The molecule has 2 aliphatic heterocycles. The zero-order chi connectivity index (χ0) is 33.9. The molecule has 6 atom stereocenters. The highest BCUT2D eigenvalue weighted by Gasteiger charge is 2.41. The minimum atomic E-state index is -0.0219. The summed E-state index contributed by atoms with van der Waals surface area (Å²) < 4.78 is 12.8. The van der Waals surface area contributed by atoms with Gasteiger partial charge in [0, 0.05) is 23.1 Å². The standard InChI is InChI=1S/C20H22Cl2N2O.C20H23ClN2O/c21-15-5-6-19(17(22)10-15)25-20-16-4-2-1-3-14(16)9-18(20)24-8-7-13(11-23)12-24;21-16-5-7-17(8-6-16)24-20-18-4-2-1-3-15(18)11-19(20)23-10-9-14(12-22)13-23/h1-6,10,13,18,20H,7-9,11-12,23H2;1-8,14,19-20H,9-13,22H2/t13-,18-,20-;14-,19-,20-/m11/s1. The quantitative estimate of drug-likeness (QED) is 0.192. The fourth-order valence-corrected chi connectivity index (χ4v) is 8.66. The average molecular weight is 720 g/mol. The van der Waals surface area contributed by atoms with Crippen LogP contribution in [0, 0.1) is 11.8 Å². The van der Waals surface area contributed by atoms with Gasteiger partial charge in [0.05, 0.1) is 17.1 Å². The summed E-state index contributed by atoms with van der Waals surface area (Å²) in [7, 11) is 0. The van der Waals surface area contributed by atoms with E-state index in [4.69, 9.17) is 55.7 Å². The van der Waals surface area contributed by atoms with Crippen LogP contribution in [0.3, 0.4) is 0 Å². The minimum absolute atomic E-state index is 0.0219. The molecule has 4 N–H and O–H groups in total. The molecule has 2 fully saturated rings. The van der Waals surface area contributed by atoms with E-state index in [0.29, 0.717) is 39.7 Å². The van der Waals surface area contributed by atoms with Crippen LogP contribution in [0.1, 0.15) is 47.3 Å². The molecule has 0 aromatic heterocycles. The molecule has 258 valence electrons. The minimum Gasteiger partial charge on any atom is -0.484 e. The van der Waals surface area contributed by atoms with Crippen LogP contribution in [-0.2, 0) is 12.8 Å². The number of rotatable bonds is 8. The topological polar surface area (TPSA) is 77.0 Å². The normalized spacial score (nSPS) is 26.2. The third-order valence-corrected chi connectivity index (χ3v) is 11.5. The Kier molecular flexibility index (Phi) is 11.0. The summed E-state index contributed by atoms with van der Waals surface area (Å²) >= 11 is 18.4. The summed E-state index contributed by atoms with van der Waals surface area (Å²) in [4.78, 5) is 5.10. The third-order valence-electron chi connectivity index (χ3n) is 10.7. The Morgan fingerprint density at radius 1 is 0.612 bits per heavy atom. The Labute approximate surface area is 305 Å². The maximum absolute atomic E-state index is 6.42. The van der Waals surface area contributed by atoms with Gasteiger partial charge in [-0.05, 0) is 128 Å². The maximum atomic E-state index is 6.42. The molecule has 6 nitrogen and oxygen atoms in total. The smallest absolute Gasteiger partial charge is 0.140 e. The van der Waals surface area contributed by atoms with Gasteiger partial charge in [0.15, 0.2) is 0 Å². The van der Waals surface area contributed by atoms with Gasteiger partial charge < -0.3 is 20.9 Å². The summed E-state index contributed by atoms with van der Waals surface area (Å²) in [6, 6.07) is 31.0. The van der Waals surface area contributed by atoms with Crippen molar-refractivity contribution in [2.45, 2.75) is 50.0 Å².